The molecule has 2 heterocycles. The van der Waals surface area contributed by atoms with Gasteiger partial charge in [-0.15, -0.1) is 0 Å². The van der Waals surface area contributed by atoms with Crippen LogP contribution in [0.4, 0.5) is 5.69 Å². The highest BCUT2D eigenvalue weighted by molar-refractivity contribution is 5.95. The number of ether oxygens (including phenoxy) is 1. The van der Waals surface area contributed by atoms with Crippen molar-refractivity contribution in [3.05, 3.63) is 11.4 Å². The topological polar surface area (TPSA) is 104 Å². The molecular weight excluding hydrogens is 238 g/mol. The Morgan fingerprint density at radius 1 is 1.39 bits per heavy atom. The first kappa shape index (κ1) is 12.6. The molecule has 0 bridgehead atoms. The summed E-state index contributed by atoms with van der Waals surface area (Å²) >= 11 is 0. The summed E-state index contributed by atoms with van der Waals surface area (Å²) < 4.78 is 5.17. The van der Waals surface area contributed by atoms with Crippen LogP contribution < -0.4 is 5.32 Å². The molecule has 1 saturated heterocycles. The summed E-state index contributed by atoms with van der Waals surface area (Å²) in [5, 5.41) is 18.2. The third-order valence-electron chi connectivity index (χ3n) is 2.96. The van der Waals surface area contributed by atoms with Gasteiger partial charge in [-0.3, -0.25) is 9.89 Å². The van der Waals surface area contributed by atoms with E-state index >= 15 is 0 Å². The van der Waals surface area contributed by atoms with Gasteiger partial charge in [0.05, 0.1) is 17.1 Å². The number of H-pyrrole nitrogens is 1. The summed E-state index contributed by atoms with van der Waals surface area (Å²) in [5.41, 5.74) is 2.07. The van der Waals surface area contributed by atoms with Crippen LogP contribution in [0.5, 0.6) is 0 Å². The molecule has 7 heteroatoms. The van der Waals surface area contributed by atoms with Crippen molar-refractivity contribution in [3.8, 4) is 0 Å². The molecular formula is C11H15N3O4. The molecule has 1 aromatic heterocycles. The summed E-state index contributed by atoms with van der Waals surface area (Å²) in [5.74, 6) is -1.35. The van der Waals surface area contributed by atoms with Crippen LogP contribution in [0.15, 0.2) is 0 Å². The molecule has 3 N–H and O–H groups in total. The second kappa shape index (κ2) is 4.77. The number of carbonyl (C=O) groups excluding carboxylic acids is 1. The molecule has 1 aliphatic rings. The van der Waals surface area contributed by atoms with Crippen molar-refractivity contribution in [1.82, 2.24) is 10.2 Å². The number of hydrogen-bond donors (Lipinski definition) is 3. The first-order chi connectivity index (χ1) is 8.49. The minimum atomic E-state index is -1.03. The van der Waals surface area contributed by atoms with Crippen LogP contribution in [0.2, 0.25) is 0 Å². The highest BCUT2D eigenvalue weighted by Gasteiger charge is 2.35. The van der Waals surface area contributed by atoms with Crippen LogP contribution in [0.3, 0.4) is 0 Å². The van der Waals surface area contributed by atoms with E-state index in [1.807, 2.05) is 0 Å². The van der Waals surface area contributed by atoms with Gasteiger partial charge in [-0.2, -0.15) is 5.10 Å². The Bertz CT molecular complexity index is 463. The number of carbonyl (C=O) groups is 2. The Balaban J connectivity index is 2.00. The maximum Gasteiger partial charge on any atom is 0.332 e. The van der Waals surface area contributed by atoms with Crippen molar-refractivity contribution in [1.29, 1.82) is 0 Å². The van der Waals surface area contributed by atoms with Crippen LogP contribution >= 0.6 is 0 Å². The highest BCUT2D eigenvalue weighted by atomic mass is 16.5. The lowest BCUT2D eigenvalue weighted by Crippen LogP contribution is -2.30. The number of hydrogen-bond acceptors (Lipinski definition) is 4. The Hall–Kier alpha value is -1.89. The smallest absolute Gasteiger partial charge is 0.332 e. The molecule has 1 fully saturated rings. The first-order valence-corrected chi connectivity index (χ1v) is 5.69. The minimum absolute atomic E-state index is 0.327. The number of nitrogens with one attached hydrogen (secondary N) is 2. The number of amides is 1. The van der Waals surface area contributed by atoms with Gasteiger partial charge in [0.2, 0.25) is 0 Å². The zero-order valence-electron chi connectivity index (χ0n) is 10.2. The quantitative estimate of drug-likeness (QED) is 0.731. The molecule has 0 spiro atoms. The highest BCUT2D eigenvalue weighted by Crippen LogP contribution is 2.23. The largest absolute Gasteiger partial charge is 0.479 e. The molecule has 0 aliphatic carbocycles. The Morgan fingerprint density at radius 3 is 2.56 bits per heavy atom. The number of rotatable bonds is 3. The van der Waals surface area contributed by atoms with E-state index in [9.17, 15) is 9.59 Å². The molecule has 1 aromatic rings. The van der Waals surface area contributed by atoms with Crippen LogP contribution in [-0.4, -0.2) is 39.4 Å². The average Bonchev–Trinajstić information content (AvgIpc) is 2.91. The lowest BCUT2D eigenvalue weighted by Gasteiger charge is -2.11. The van der Waals surface area contributed by atoms with Crippen molar-refractivity contribution >= 4 is 17.6 Å². The summed E-state index contributed by atoms with van der Waals surface area (Å²) in [6.45, 7) is 3.57. The fourth-order valence-corrected chi connectivity index (χ4v) is 1.95. The fraction of sp³-hybridized carbons (Fsp3) is 0.545. The number of aromatic amines is 1. The predicted octanol–water partition coefficient (Wildman–Crippen LogP) is 0.597. The molecule has 0 radical (unpaired) electrons. The zero-order valence-corrected chi connectivity index (χ0v) is 10.2. The molecule has 0 aromatic carbocycles. The number of nitrogens with zero attached hydrogens (tertiary/aromatic N) is 1. The van der Waals surface area contributed by atoms with E-state index in [-0.39, 0.29) is 5.91 Å². The van der Waals surface area contributed by atoms with Crippen LogP contribution in [-0.2, 0) is 14.3 Å². The summed E-state index contributed by atoms with van der Waals surface area (Å²) in [6, 6.07) is 0. The number of aliphatic carboxylic acids is 1. The third-order valence-corrected chi connectivity index (χ3v) is 2.96. The monoisotopic (exact) mass is 253 g/mol. The SMILES string of the molecule is Cc1n[nH]c(C)c1NC(=O)C1CCC(C(=O)O)O1. The van der Waals surface area contributed by atoms with Crippen molar-refractivity contribution in [3.63, 3.8) is 0 Å². The molecule has 2 rings (SSSR count). The Kier molecular flexibility index (Phi) is 3.33. The van der Waals surface area contributed by atoms with Crippen molar-refractivity contribution in [2.24, 2.45) is 0 Å². The van der Waals surface area contributed by atoms with Gasteiger partial charge in [0.1, 0.15) is 6.10 Å². The standard InChI is InChI=1S/C11H15N3O4/c1-5-9(6(2)14-13-5)12-10(15)7-3-4-8(18-7)11(16)17/h7-8H,3-4H2,1-2H3,(H,12,15)(H,13,14)(H,16,17). The molecule has 98 valence electrons. The van der Waals surface area contributed by atoms with Gasteiger partial charge >= 0.3 is 5.97 Å². The molecule has 2 atom stereocenters. The van der Waals surface area contributed by atoms with E-state index in [2.05, 4.69) is 15.5 Å². The Labute approximate surface area is 104 Å². The second-order valence-electron chi connectivity index (χ2n) is 4.33. The second-order valence-corrected chi connectivity index (χ2v) is 4.33. The van der Waals surface area contributed by atoms with Gasteiger partial charge in [0.15, 0.2) is 6.10 Å². The molecule has 2 unspecified atom stereocenters. The van der Waals surface area contributed by atoms with E-state index in [1.54, 1.807) is 13.8 Å². The summed E-state index contributed by atoms with van der Waals surface area (Å²) in [4.78, 5) is 22.6. The van der Waals surface area contributed by atoms with E-state index in [1.165, 1.54) is 0 Å². The van der Waals surface area contributed by atoms with Crippen LogP contribution in [0, 0.1) is 13.8 Å². The van der Waals surface area contributed by atoms with Gasteiger partial charge in [-0.1, -0.05) is 0 Å². The van der Waals surface area contributed by atoms with Crippen LogP contribution in [0.25, 0.3) is 0 Å². The number of anilines is 1. The third kappa shape index (κ3) is 2.35. The molecule has 1 aliphatic heterocycles. The van der Waals surface area contributed by atoms with Crippen molar-refractivity contribution < 1.29 is 19.4 Å². The van der Waals surface area contributed by atoms with E-state index in [0.29, 0.717) is 24.2 Å². The maximum absolute atomic E-state index is 11.9. The number of aromatic nitrogens is 2. The van der Waals surface area contributed by atoms with Gasteiger partial charge < -0.3 is 15.2 Å². The molecule has 0 saturated carbocycles. The number of carboxylic acid groups (broad SMARTS) is 1. The average molecular weight is 253 g/mol. The van der Waals surface area contributed by atoms with Gasteiger partial charge in [-0.05, 0) is 26.7 Å². The summed E-state index contributed by atoms with van der Waals surface area (Å²) in [7, 11) is 0. The number of aryl methyl sites for hydroxylation is 2. The maximum atomic E-state index is 11.9. The van der Waals surface area contributed by atoms with Gasteiger partial charge in [0.25, 0.3) is 5.91 Å². The summed E-state index contributed by atoms with van der Waals surface area (Å²) in [6.07, 6.45) is -0.817. The zero-order chi connectivity index (χ0) is 13.3. The van der Waals surface area contributed by atoms with Crippen molar-refractivity contribution in [2.75, 3.05) is 5.32 Å². The number of carboxylic acids is 1. The predicted molar refractivity (Wildman–Crippen MR) is 62.2 cm³/mol. The fourth-order valence-electron chi connectivity index (χ4n) is 1.95. The lowest BCUT2D eigenvalue weighted by molar-refractivity contribution is -0.150. The minimum Gasteiger partial charge on any atom is -0.479 e. The van der Waals surface area contributed by atoms with E-state index in [4.69, 9.17) is 9.84 Å². The lowest BCUT2D eigenvalue weighted by atomic mass is 10.2. The van der Waals surface area contributed by atoms with Gasteiger partial charge in [-0.25, -0.2) is 4.79 Å². The molecule has 7 nitrogen and oxygen atoms in total. The molecule has 1 amide bonds. The molecule has 18 heavy (non-hydrogen) atoms. The van der Waals surface area contributed by atoms with Crippen molar-refractivity contribution in [2.45, 2.75) is 38.9 Å². The normalized spacial score (nSPS) is 23.0. The van der Waals surface area contributed by atoms with Gasteiger partial charge in [0, 0.05) is 0 Å². The Morgan fingerprint density at radius 2 is 2.06 bits per heavy atom. The van der Waals surface area contributed by atoms with E-state index < -0.39 is 18.2 Å². The van der Waals surface area contributed by atoms with Crippen LogP contribution in [0.1, 0.15) is 24.2 Å². The first-order valence-electron chi connectivity index (χ1n) is 5.69. The van der Waals surface area contributed by atoms with E-state index in [0.717, 1.165) is 5.69 Å².